The zero-order valence-electron chi connectivity index (χ0n) is 10.3. The molecule has 0 unspecified atom stereocenters. The predicted molar refractivity (Wildman–Crippen MR) is 69.7 cm³/mol. The van der Waals surface area contributed by atoms with Gasteiger partial charge in [-0.3, -0.25) is 0 Å². The highest BCUT2D eigenvalue weighted by atomic mass is 16.5. The Morgan fingerprint density at radius 3 is 2.39 bits per heavy atom. The number of benzene rings is 2. The summed E-state index contributed by atoms with van der Waals surface area (Å²) in [4.78, 5) is 0. The Hall–Kier alpha value is -2.00. The van der Waals surface area contributed by atoms with Gasteiger partial charge in [0.2, 0.25) is 0 Å². The van der Waals surface area contributed by atoms with E-state index in [0.29, 0.717) is 6.61 Å². The first-order valence-electron chi connectivity index (χ1n) is 5.78. The van der Waals surface area contributed by atoms with Gasteiger partial charge >= 0.3 is 0 Å². The van der Waals surface area contributed by atoms with Gasteiger partial charge < -0.3 is 14.6 Å². The zero-order valence-corrected chi connectivity index (χ0v) is 10.3. The van der Waals surface area contributed by atoms with Crippen molar-refractivity contribution in [3.05, 3.63) is 59.7 Å². The van der Waals surface area contributed by atoms with Crippen LogP contribution in [0.5, 0.6) is 11.5 Å². The van der Waals surface area contributed by atoms with Crippen molar-refractivity contribution < 1.29 is 14.6 Å². The van der Waals surface area contributed by atoms with Gasteiger partial charge in [-0.15, -0.1) is 0 Å². The van der Waals surface area contributed by atoms with E-state index in [-0.39, 0.29) is 6.61 Å². The molecule has 0 fully saturated rings. The molecular weight excluding hydrogens is 228 g/mol. The van der Waals surface area contributed by atoms with Crippen LogP contribution in [-0.4, -0.2) is 12.2 Å². The Morgan fingerprint density at radius 1 is 1.00 bits per heavy atom. The van der Waals surface area contributed by atoms with Crippen molar-refractivity contribution in [3.63, 3.8) is 0 Å². The third-order valence-corrected chi connectivity index (χ3v) is 2.69. The molecule has 2 aromatic rings. The van der Waals surface area contributed by atoms with E-state index in [9.17, 15) is 0 Å². The van der Waals surface area contributed by atoms with Gasteiger partial charge in [0.05, 0.1) is 13.7 Å². The summed E-state index contributed by atoms with van der Waals surface area (Å²) >= 11 is 0. The minimum atomic E-state index is 0.0484. The van der Waals surface area contributed by atoms with Gasteiger partial charge in [0.25, 0.3) is 0 Å². The van der Waals surface area contributed by atoms with E-state index in [1.54, 1.807) is 7.11 Å². The van der Waals surface area contributed by atoms with Crippen LogP contribution in [0.25, 0.3) is 0 Å². The number of ether oxygens (including phenoxy) is 2. The molecule has 0 aliphatic rings. The molecule has 3 heteroatoms. The van der Waals surface area contributed by atoms with E-state index >= 15 is 0 Å². The van der Waals surface area contributed by atoms with Crippen LogP contribution in [0.4, 0.5) is 0 Å². The molecule has 3 nitrogen and oxygen atoms in total. The Labute approximate surface area is 107 Å². The van der Waals surface area contributed by atoms with E-state index in [0.717, 1.165) is 22.6 Å². The van der Waals surface area contributed by atoms with Crippen LogP contribution in [0, 0.1) is 0 Å². The van der Waals surface area contributed by atoms with E-state index in [4.69, 9.17) is 14.6 Å². The van der Waals surface area contributed by atoms with E-state index in [2.05, 4.69) is 0 Å². The fourth-order valence-electron chi connectivity index (χ4n) is 1.67. The van der Waals surface area contributed by atoms with Crippen LogP contribution in [0.15, 0.2) is 48.5 Å². The maximum absolute atomic E-state index is 8.95. The normalized spacial score (nSPS) is 10.1. The van der Waals surface area contributed by atoms with Gasteiger partial charge in [0, 0.05) is 5.56 Å². The van der Waals surface area contributed by atoms with Gasteiger partial charge in [0.1, 0.15) is 18.1 Å². The summed E-state index contributed by atoms with van der Waals surface area (Å²) in [5, 5.41) is 8.95. The number of aliphatic hydroxyl groups is 1. The van der Waals surface area contributed by atoms with Gasteiger partial charge in [-0.2, -0.15) is 0 Å². The summed E-state index contributed by atoms with van der Waals surface area (Å²) < 4.78 is 10.9. The van der Waals surface area contributed by atoms with Crippen molar-refractivity contribution in [2.24, 2.45) is 0 Å². The molecule has 0 radical (unpaired) electrons. The third kappa shape index (κ3) is 3.02. The van der Waals surface area contributed by atoms with Crippen molar-refractivity contribution >= 4 is 0 Å². The molecule has 0 heterocycles. The number of para-hydroxylation sites is 1. The predicted octanol–water partition coefficient (Wildman–Crippen LogP) is 2.77. The molecule has 0 atom stereocenters. The molecular formula is C15H16O3. The second-order valence-electron chi connectivity index (χ2n) is 3.90. The molecule has 2 rings (SSSR count). The van der Waals surface area contributed by atoms with Gasteiger partial charge in [-0.25, -0.2) is 0 Å². The van der Waals surface area contributed by atoms with Crippen LogP contribution in [0.3, 0.4) is 0 Å². The highest BCUT2D eigenvalue weighted by Crippen LogP contribution is 2.20. The molecule has 2 aromatic carbocycles. The topological polar surface area (TPSA) is 38.7 Å². The van der Waals surface area contributed by atoms with Crippen LogP contribution >= 0.6 is 0 Å². The quantitative estimate of drug-likeness (QED) is 0.879. The van der Waals surface area contributed by atoms with Crippen LogP contribution in [0.2, 0.25) is 0 Å². The summed E-state index contributed by atoms with van der Waals surface area (Å²) in [6.07, 6.45) is 0. The second kappa shape index (κ2) is 6.07. The molecule has 18 heavy (non-hydrogen) atoms. The molecule has 0 aliphatic carbocycles. The lowest BCUT2D eigenvalue weighted by atomic mass is 10.2. The Morgan fingerprint density at radius 2 is 1.72 bits per heavy atom. The zero-order chi connectivity index (χ0) is 12.8. The Balaban J connectivity index is 2.02. The van der Waals surface area contributed by atoms with Gasteiger partial charge in [0.15, 0.2) is 0 Å². The largest absolute Gasteiger partial charge is 0.496 e. The number of aliphatic hydroxyl groups excluding tert-OH is 1. The van der Waals surface area contributed by atoms with Crippen molar-refractivity contribution in [3.8, 4) is 11.5 Å². The monoisotopic (exact) mass is 244 g/mol. The number of hydrogen-bond donors (Lipinski definition) is 1. The van der Waals surface area contributed by atoms with E-state index in [1.165, 1.54) is 0 Å². The first-order chi connectivity index (χ1) is 8.83. The smallest absolute Gasteiger partial charge is 0.125 e. The second-order valence-corrected chi connectivity index (χ2v) is 3.90. The molecule has 94 valence electrons. The maximum atomic E-state index is 8.95. The number of rotatable bonds is 5. The third-order valence-electron chi connectivity index (χ3n) is 2.69. The van der Waals surface area contributed by atoms with E-state index in [1.807, 2.05) is 48.5 Å². The molecule has 0 saturated heterocycles. The first kappa shape index (κ1) is 12.5. The molecule has 0 aliphatic heterocycles. The van der Waals surface area contributed by atoms with Crippen molar-refractivity contribution in [2.75, 3.05) is 7.11 Å². The minimum Gasteiger partial charge on any atom is -0.496 e. The average Bonchev–Trinajstić information content (AvgIpc) is 2.46. The summed E-state index contributed by atoms with van der Waals surface area (Å²) in [6, 6.07) is 15.2. The van der Waals surface area contributed by atoms with Crippen LogP contribution < -0.4 is 9.47 Å². The van der Waals surface area contributed by atoms with Gasteiger partial charge in [-0.05, 0) is 23.8 Å². The lowest BCUT2D eigenvalue weighted by Crippen LogP contribution is -1.98. The summed E-state index contributed by atoms with van der Waals surface area (Å²) in [5.74, 6) is 1.60. The molecule has 0 saturated carbocycles. The van der Waals surface area contributed by atoms with Crippen molar-refractivity contribution in [2.45, 2.75) is 13.2 Å². The van der Waals surface area contributed by atoms with Crippen molar-refractivity contribution in [1.82, 2.24) is 0 Å². The summed E-state index contributed by atoms with van der Waals surface area (Å²) in [5.41, 5.74) is 1.88. The van der Waals surface area contributed by atoms with E-state index < -0.39 is 0 Å². The molecule has 0 bridgehead atoms. The minimum absolute atomic E-state index is 0.0484. The standard InChI is InChI=1S/C15H16O3/c1-17-15-5-3-2-4-13(15)11-18-14-8-6-12(10-16)7-9-14/h2-9,16H,10-11H2,1H3. The SMILES string of the molecule is COc1ccccc1COc1ccc(CO)cc1. The molecule has 1 N–H and O–H groups in total. The fraction of sp³-hybridized carbons (Fsp3) is 0.200. The number of hydrogen-bond acceptors (Lipinski definition) is 3. The highest BCUT2D eigenvalue weighted by Gasteiger charge is 2.02. The van der Waals surface area contributed by atoms with Crippen molar-refractivity contribution in [1.29, 1.82) is 0 Å². The molecule has 0 spiro atoms. The Kier molecular flexibility index (Phi) is 4.20. The average molecular weight is 244 g/mol. The van der Waals surface area contributed by atoms with Gasteiger partial charge in [-0.1, -0.05) is 30.3 Å². The fourth-order valence-corrected chi connectivity index (χ4v) is 1.67. The molecule has 0 aromatic heterocycles. The highest BCUT2D eigenvalue weighted by molar-refractivity contribution is 5.33. The molecule has 0 amide bonds. The Bertz CT molecular complexity index is 491. The van der Waals surface area contributed by atoms with Crippen LogP contribution in [0.1, 0.15) is 11.1 Å². The lowest BCUT2D eigenvalue weighted by molar-refractivity contribution is 0.280. The number of methoxy groups -OCH3 is 1. The summed E-state index contributed by atoms with van der Waals surface area (Å²) in [7, 11) is 1.65. The van der Waals surface area contributed by atoms with Crippen LogP contribution in [-0.2, 0) is 13.2 Å². The maximum Gasteiger partial charge on any atom is 0.125 e. The lowest BCUT2D eigenvalue weighted by Gasteiger charge is -2.10. The summed E-state index contributed by atoms with van der Waals surface area (Å²) in [6.45, 7) is 0.509. The first-order valence-corrected chi connectivity index (χ1v) is 5.78.